The molecule has 0 radical (unpaired) electrons. The lowest BCUT2D eigenvalue weighted by Gasteiger charge is -2.19. The molecule has 4 nitrogen and oxygen atoms in total. The molecule has 84 valence electrons. The summed E-state index contributed by atoms with van der Waals surface area (Å²) in [5.41, 5.74) is 1.76. The van der Waals surface area contributed by atoms with E-state index in [1.807, 2.05) is 18.2 Å². The Morgan fingerprint density at radius 3 is 3.19 bits per heavy atom. The van der Waals surface area contributed by atoms with Gasteiger partial charge in [-0.05, 0) is 18.6 Å². The Morgan fingerprint density at radius 2 is 2.38 bits per heavy atom. The topological polar surface area (TPSA) is 50.9 Å². The van der Waals surface area contributed by atoms with Gasteiger partial charge in [0.15, 0.2) is 0 Å². The number of epoxide rings is 1. The number of rotatable bonds is 3. The lowest BCUT2D eigenvalue weighted by Crippen LogP contribution is -2.32. The number of hydrogen-bond acceptors (Lipinski definition) is 3. The smallest absolute Gasteiger partial charge is 0.251 e. The fourth-order valence-electron chi connectivity index (χ4n) is 1.91. The number of fused-ring (bicyclic) bond motifs is 1. The monoisotopic (exact) mass is 219 g/mol. The van der Waals surface area contributed by atoms with E-state index < -0.39 is 0 Å². The number of carbonyl (C=O) groups excluding carboxylic acids is 1. The molecule has 2 aliphatic rings. The number of ether oxygens (including phenoxy) is 2. The quantitative estimate of drug-likeness (QED) is 0.763. The van der Waals surface area contributed by atoms with E-state index in [0.717, 1.165) is 29.9 Å². The summed E-state index contributed by atoms with van der Waals surface area (Å²) in [4.78, 5) is 11.6. The van der Waals surface area contributed by atoms with Gasteiger partial charge in [0.1, 0.15) is 18.5 Å². The SMILES string of the molecule is O=C1NCCc2c(OC[C@H]3CO3)cccc21. The Hall–Kier alpha value is -1.55. The molecule has 4 heteroatoms. The zero-order valence-corrected chi connectivity index (χ0v) is 8.86. The third kappa shape index (κ3) is 1.76. The van der Waals surface area contributed by atoms with Crippen molar-refractivity contribution in [1.29, 1.82) is 0 Å². The first-order chi connectivity index (χ1) is 7.84. The summed E-state index contributed by atoms with van der Waals surface area (Å²) in [5, 5.41) is 2.82. The highest BCUT2D eigenvalue weighted by molar-refractivity contribution is 5.97. The van der Waals surface area contributed by atoms with Gasteiger partial charge in [0.05, 0.1) is 6.61 Å². The van der Waals surface area contributed by atoms with Gasteiger partial charge in [-0.25, -0.2) is 0 Å². The Bertz CT molecular complexity index is 426. The van der Waals surface area contributed by atoms with E-state index >= 15 is 0 Å². The van der Waals surface area contributed by atoms with Crippen LogP contribution in [0.25, 0.3) is 0 Å². The fourth-order valence-corrected chi connectivity index (χ4v) is 1.91. The summed E-state index contributed by atoms with van der Waals surface area (Å²) in [5.74, 6) is 0.817. The van der Waals surface area contributed by atoms with Crippen molar-refractivity contribution in [2.24, 2.45) is 0 Å². The van der Waals surface area contributed by atoms with E-state index in [9.17, 15) is 4.79 Å². The van der Waals surface area contributed by atoms with Gasteiger partial charge in [-0.15, -0.1) is 0 Å². The first-order valence-electron chi connectivity index (χ1n) is 5.49. The van der Waals surface area contributed by atoms with Gasteiger partial charge in [-0.3, -0.25) is 4.79 Å². The van der Waals surface area contributed by atoms with E-state index in [0.29, 0.717) is 13.2 Å². The summed E-state index contributed by atoms with van der Waals surface area (Å²) in [6, 6.07) is 5.61. The second-order valence-electron chi connectivity index (χ2n) is 4.05. The molecular formula is C12H13NO3. The van der Waals surface area contributed by atoms with Crippen LogP contribution < -0.4 is 10.1 Å². The van der Waals surface area contributed by atoms with Crippen LogP contribution in [0.3, 0.4) is 0 Å². The minimum atomic E-state index is -0.00521. The summed E-state index contributed by atoms with van der Waals surface area (Å²) < 4.78 is 10.8. The first kappa shape index (κ1) is 9.66. The van der Waals surface area contributed by atoms with Gasteiger partial charge in [0, 0.05) is 17.7 Å². The van der Waals surface area contributed by atoms with Crippen LogP contribution in [0, 0.1) is 0 Å². The second kappa shape index (κ2) is 3.79. The first-order valence-corrected chi connectivity index (χ1v) is 5.49. The lowest BCUT2D eigenvalue weighted by atomic mass is 9.99. The highest BCUT2D eigenvalue weighted by atomic mass is 16.6. The number of nitrogens with one attached hydrogen (secondary N) is 1. The van der Waals surface area contributed by atoms with Crippen molar-refractivity contribution in [3.05, 3.63) is 29.3 Å². The Kier molecular flexibility index (Phi) is 2.29. The van der Waals surface area contributed by atoms with Gasteiger partial charge in [0.25, 0.3) is 5.91 Å². The highest BCUT2D eigenvalue weighted by Crippen LogP contribution is 2.26. The average Bonchev–Trinajstić information content (AvgIpc) is 3.11. The third-order valence-corrected chi connectivity index (χ3v) is 2.87. The molecule has 0 aromatic heterocycles. The minimum absolute atomic E-state index is 0.00521. The molecule has 16 heavy (non-hydrogen) atoms. The molecule has 0 aliphatic carbocycles. The zero-order chi connectivity index (χ0) is 11.0. The summed E-state index contributed by atoms with van der Waals surface area (Å²) in [6.07, 6.45) is 1.08. The Morgan fingerprint density at radius 1 is 1.50 bits per heavy atom. The molecule has 0 saturated carbocycles. The van der Waals surface area contributed by atoms with E-state index in [1.54, 1.807) is 0 Å². The summed E-state index contributed by atoms with van der Waals surface area (Å²) in [7, 11) is 0. The Labute approximate surface area is 93.5 Å². The molecule has 1 aromatic rings. The van der Waals surface area contributed by atoms with Gasteiger partial charge < -0.3 is 14.8 Å². The van der Waals surface area contributed by atoms with Crippen molar-refractivity contribution in [2.75, 3.05) is 19.8 Å². The molecule has 2 heterocycles. The molecule has 1 amide bonds. The maximum absolute atomic E-state index is 11.6. The van der Waals surface area contributed by atoms with Crippen LogP contribution in [0.15, 0.2) is 18.2 Å². The van der Waals surface area contributed by atoms with E-state index in [4.69, 9.17) is 9.47 Å². The molecule has 1 atom stereocenters. The number of amides is 1. The van der Waals surface area contributed by atoms with Gasteiger partial charge in [-0.1, -0.05) is 6.07 Å². The van der Waals surface area contributed by atoms with Crippen molar-refractivity contribution in [3.8, 4) is 5.75 Å². The largest absolute Gasteiger partial charge is 0.490 e. The van der Waals surface area contributed by atoms with Crippen LogP contribution in [0.5, 0.6) is 5.75 Å². The maximum Gasteiger partial charge on any atom is 0.251 e. The third-order valence-electron chi connectivity index (χ3n) is 2.87. The van der Waals surface area contributed by atoms with Crippen molar-refractivity contribution in [1.82, 2.24) is 5.32 Å². The molecule has 3 rings (SSSR count). The zero-order valence-electron chi connectivity index (χ0n) is 8.86. The molecular weight excluding hydrogens is 206 g/mol. The van der Waals surface area contributed by atoms with Gasteiger partial charge in [0.2, 0.25) is 0 Å². The number of carbonyl (C=O) groups is 1. The van der Waals surface area contributed by atoms with Crippen molar-refractivity contribution in [3.63, 3.8) is 0 Å². The Balaban J connectivity index is 1.85. The van der Waals surface area contributed by atoms with Crippen LogP contribution in [-0.2, 0) is 11.2 Å². The molecule has 1 N–H and O–H groups in total. The highest BCUT2D eigenvalue weighted by Gasteiger charge is 2.25. The van der Waals surface area contributed by atoms with Crippen molar-refractivity contribution >= 4 is 5.91 Å². The molecule has 0 bridgehead atoms. The standard InChI is InChI=1S/C12H13NO3/c14-12-10-2-1-3-11(9(10)4-5-13-12)16-7-8-6-15-8/h1-3,8H,4-7H2,(H,13,14)/t8-/m1/s1. The molecule has 0 spiro atoms. The molecule has 1 saturated heterocycles. The molecule has 0 unspecified atom stereocenters. The van der Waals surface area contributed by atoms with Crippen LogP contribution in [0.4, 0.5) is 0 Å². The van der Waals surface area contributed by atoms with Crippen LogP contribution in [0.1, 0.15) is 15.9 Å². The fraction of sp³-hybridized carbons (Fsp3) is 0.417. The van der Waals surface area contributed by atoms with Crippen molar-refractivity contribution in [2.45, 2.75) is 12.5 Å². The van der Waals surface area contributed by atoms with Gasteiger partial charge >= 0.3 is 0 Å². The normalized spacial score (nSPS) is 22.2. The number of hydrogen-bond donors (Lipinski definition) is 1. The van der Waals surface area contributed by atoms with E-state index in [-0.39, 0.29) is 12.0 Å². The van der Waals surface area contributed by atoms with E-state index in [1.165, 1.54) is 0 Å². The minimum Gasteiger partial charge on any atom is -0.490 e. The predicted molar refractivity (Wildman–Crippen MR) is 57.7 cm³/mol. The van der Waals surface area contributed by atoms with Crippen LogP contribution >= 0.6 is 0 Å². The molecule has 1 fully saturated rings. The second-order valence-corrected chi connectivity index (χ2v) is 4.05. The maximum atomic E-state index is 11.6. The summed E-state index contributed by atoms with van der Waals surface area (Å²) in [6.45, 7) is 2.06. The van der Waals surface area contributed by atoms with Crippen LogP contribution in [0.2, 0.25) is 0 Å². The van der Waals surface area contributed by atoms with Crippen molar-refractivity contribution < 1.29 is 14.3 Å². The average molecular weight is 219 g/mol. The summed E-state index contributed by atoms with van der Waals surface area (Å²) >= 11 is 0. The lowest BCUT2D eigenvalue weighted by molar-refractivity contribution is 0.0945. The van der Waals surface area contributed by atoms with Crippen LogP contribution in [-0.4, -0.2) is 31.8 Å². The molecule has 1 aromatic carbocycles. The molecule has 2 aliphatic heterocycles. The van der Waals surface area contributed by atoms with Gasteiger partial charge in [-0.2, -0.15) is 0 Å². The van der Waals surface area contributed by atoms with E-state index in [2.05, 4.69) is 5.32 Å². The predicted octanol–water partition coefficient (Wildman–Crippen LogP) is 0.750. The number of benzene rings is 1.